The van der Waals surface area contributed by atoms with Crippen molar-refractivity contribution in [2.45, 2.75) is 32.9 Å². The quantitative estimate of drug-likeness (QED) is 0.644. The molecule has 1 unspecified atom stereocenters. The van der Waals surface area contributed by atoms with Crippen LogP contribution in [0, 0.1) is 10.1 Å². The molecule has 0 aliphatic rings. The van der Waals surface area contributed by atoms with Gasteiger partial charge in [0.2, 0.25) is 0 Å². The highest BCUT2D eigenvalue weighted by Crippen LogP contribution is 2.20. The first kappa shape index (κ1) is 14.7. The Kier molecular flexibility index (Phi) is 4.87. The molecular weight excluding hydrogens is 272 g/mol. The molecule has 0 radical (unpaired) electrons. The number of nitro benzene ring substituents is 1. The SMILES string of the molecule is CCc1ccc(CNC(C)c2ccc([N+](=O)[O-])cc2)s1. The number of nitrogens with zero attached hydrogens (tertiary/aromatic N) is 1. The van der Waals surface area contributed by atoms with E-state index in [0.29, 0.717) is 0 Å². The summed E-state index contributed by atoms with van der Waals surface area (Å²) in [6, 6.07) is 11.2. The third-order valence-electron chi connectivity index (χ3n) is 3.25. The van der Waals surface area contributed by atoms with E-state index in [4.69, 9.17) is 0 Å². The zero-order valence-corrected chi connectivity index (χ0v) is 12.4. The Bertz CT molecular complexity index is 578. The standard InChI is InChI=1S/C15H18N2O2S/c1-3-14-8-9-15(20-14)10-16-11(2)12-4-6-13(7-5-12)17(18)19/h4-9,11,16H,3,10H2,1-2H3. The van der Waals surface area contributed by atoms with Crippen LogP contribution in [0.15, 0.2) is 36.4 Å². The summed E-state index contributed by atoms with van der Waals surface area (Å²) in [7, 11) is 0. The molecule has 5 heteroatoms. The Balaban J connectivity index is 1.94. The third-order valence-corrected chi connectivity index (χ3v) is 4.48. The minimum atomic E-state index is -0.375. The second-order valence-corrected chi connectivity index (χ2v) is 5.93. The number of rotatable bonds is 6. The zero-order valence-electron chi connectivity index (χ0n) is 11.6. The molecule has 1 aromatic heterocycles. The van der Waals surface area contributed by atoms with Gasteiger partial charge in [0.1, 0.15) is 0 Å². The van der Waals surface area contributed by atoms with E-state index in [9.17, 15) is 10.1 Å². The number of hydrogen-bond acceptors (Lipinski definition) is 4. The van der Waals surface area contributed by atoms with Gasteiger partial charge in [-0.3, -0.25) is 10.1 Å². The maximum atomic E-state index is 10.6. The highest BCUT2D eigenvalue weighted by Gasteiger charge is 2.09. The van der Waals surface area contributed by atoms with Gasteiger partial charge in [-0.1, -0.05) is 19.1 Å². The predicted octanol–water partition coefficient (Wildman–Crippen LogP) is 4.07. The van der Waals surface area contributed by atoms with Gasteiger partial charge in [-0.2, -0.15) is 0 Å². The van der Waals surface area contributed by atoms with Gasteiger partial charge in [0.25, 0.3) is 5.69 Å². The van der Waals surface area contributed by atoms with Crippen LogP contribution >= 0.6 is 11.3 Å². The number of non-ortho nitro benzene ring substituents is 1. The van der Waals surface area contributed by atoms with E-state index in [0.717, 1.165) is 18.5 Å². The van der Waals surface area contributed by atoms with Crippen molar-refractivity contribution >= 4 is 17.0 Å². The lowest BCUT2D eigenvalue weighted by Gasteiger charge is -2.13. The molecule has 1 aromatic carbocycles. The van der Waals surface area contributed by atoms with Crippen molar-refractivity contribution < 1.29 is 4.92 Å². The molecule has 0 saturated carbocycles. The average Bonchev–Trinajstić information content (AvgIpc) is 2.93. The van der Waals surface area contributed by atoms with Crippen molar-refractivity contribution in [2.24, 2.45) is 0 Å². The fraction of sp³-hybridized carbons (Fsp3) is 0.333. The van der Waals surface area contributed by atoms with Crippen LogP contribution in [0.3, 0.4) is 0 Å². The van der Waals surface area contributed by atoms with E-state index in [1.54, 1.807) is 12.1 Å². The summed E-state index contributed by atoms with van der Waals surface area (Å²) >= 11 is 1.82. The summed E-state index contributed by atoms with van der Waals surface area (Å²) in [5.41, 5.74) is 1.19. The molecule has 1 heterocycles. The molecular formula is C15H18N2O2S. The Morgan fingerprint density at radius 3 is 2.40 bits per heavy atom. The first-order valence-electron chi connectivity index (χ1n) is 6.65. The second kappa shape index (κ2) is 6.63. The molecule has 0 aliphatic heterocycles. The fourth-order valence-electron chi connectivity index (χ4n) is 1.96. The van der Waals surface area contributed by atoms with Crippen molar-refractivity contribution in [1.82, 2.24) is 5.32 Å². The number of aryl methyl sites for hydroxylation is 1. The Hall–Kier alpha value is -1.72. The van der Waals surface area contributed by atoms with Crippen LogP contribution in [0.4, 0.5) is 5.69 Å². The molecule has 4 nitrogen and oxygen atoms in total. The molecule has 2 rings (SSSR count). The van der Waals surface area contributed by atoms with Gasteiger partial charge >= 0.3 is 0 Å². The first-order chi connectivity index (χ1) is 9.60. The molecule has 2 aromatic rings. The number of thiophene rings is 1. The van der Waals surface area contributed by atoms with Crippen LogP contribution < -0.4 is 5.32 Å². The molecule has 1 atom stereocenters. The second-order valence-electron chi connectivity index (χ2n) is 4.67. The van der Waals surface area contributed by atoms with Crippen molar-refractivity contribution in [3.63, 3.8) is 0 Å². The molecule has 106 valence electrons. The number of nitrogens with one attached hydrogen (secondary N) is 1. The summed E-state index contributed by atoms with van der Waals surface area (Å²) in [4.78, 5) is 12.9. The Labute approximate surface area is 122 Å². The lowest BCUT2D eigenvalue weighted by Crippen LogP contribution is -2.17. The van der Waals surface area contributed by atoms with Crippen LogP contribution in [-0.2, 0) is 13.0 Å². The summed E-state index contributed by atoms with van der Waals surface area (Å²) in [6.07, 6.45) is 1.07. The normalized spacial score (nSPS) is 12.3. The summed E-state index contributed by atoms with van der Waals surface area (Å²) in [6.45, 7) is 5.04. The van der Waals surface area contributed by atoms with Crippen LogP contribution in [-0.4, -0.2) is 4.92 Å². The first-order valence-corrected chi connectivity index (χ1v) is 7.47. The number of nitro groups is 1. The Morgan fingerprint density at radius 1 is 1.20 bits per heavy atom. The smallest absolute Gasteiger partial charge is 0.269 e. The molecule has 0 amide bonds. The van der Waals surface area contributed by atoms with E-state index in [2.05, 4.69) is 31.3 Å². The lowest BCUT2D eigenvalue weighted by atomic mass is 10.1. The zero-order chi connectivity index (χ0) is 14.5. The molecule has 0 fully saturated rings. The number of benzene rings is 1. The fourth-order valence-corrected chi connectivity index (χ4v) is 2.87. The van der Waals surface area contributed by atoms with Crippen LogP contribution in [0.5, 0.6) is 0 Å². The maximum Gasteiger partial charge on any atom is 0.269 e. The molecule has 1 N–H and O–H groups in total. The minimum Gasteiger partial charge on any atom is -0.305 e. The summed E-state index contributed by atoms with van der Waals surface area (Å²) in [5, 5.41) is 14.1. The maximum absolute atomic E-state index is 10.6. The average molecular weight is 290 g/mol. The minimum absolute atomic E-state index is 0.131. The Morgan fingerprint density at radius 2 is 1.85 bits per heavy atom. The van der Waals surface area contributed by atoms with Gasteiger partial charge in [0, 0.05) is 34.5 Å². The molecule has 0 spiro atoms. The summed E-state index contributed by atoms with van der Waals surface area (Å²) in [5.74, 6) is 0. The predicted molar refractivity (Wildman–Crippen MR) is 82.0 cm³/mol. The highest BCUT2D eigenvalue weighted by molar-refractivity contribution is 7.11. The van der Waals surface area contributed by atoms with E-state index in [-0.39, 0.29) is 16.7 Å². The molecule has 0 bridgehead atoms. The number of hydrogen-bond donors (Lipinski definition) is 1. The van der Waals surface area contributed by atoms with Gasteiger partial charge in [0.05, 0.1) is 4.92 Å². The molecule has 0 saturated heterocycles. The van der Waals surface area contributed by atoms with E-state index < -0.39 is 0 Å². The van der Waals surface area contributed by atoms with Crippen molar-refractivity contribution in [1.29, 1.82) is 0 Å². The third kappa shape index (κ3) is 3.65. The van der Waals surface area contributed by atoms with Crippen LogP contribution in [0.2, 0.25) is 0 Å². The van der Waals surface area contributed by atoms with E-state index in [1.807, 2.05) is 23.5 Å². The lowest BCUT2D eigenvalue weighted by molar-refractivity contribution is -0.384. The van der Waals surface area contributed by atoms with E-state index in [1.165, 1.54) is 9.75 Å². The van der Waals surface area contributed by atoms with Gasteiger partial charge in [-0.05, 0) is 31.0 Å². The van der Waals surface area contributed by atoms with Crippen LogP contribution in [0.1, 0.15) is 35.2 Å². The topological polar surface area (TPSA) is 55.2 Å². The van der Waals surface area contributed by atoms with Crippen molar-refractivity contribution in [2.75, 3.05) is 0 Å². The summed E-state index contributed by atoms with van der Waals surface area (Å²) < 4.78 is 0. The molecule has 0 aliphatic carbocycles. The van der Waals surface area contributed by atoms with E-state index >= 15 is 0 Å². The molecule has 20 heavy (non-hydrogen) atoms. The van der Waals surface area contributed by atoms with Gasteiger partial charge in [-0.25, -0.2) is 0 Å². The highest BCUT2D eigenvalue weighted by atomic mass is 32.1. The van der Waals surface area contributed by atoms with Gasteiger partial charge in [-0.15, -0.1) is 11.3 Å². The van der Waals surface area contributed by atoms with Crippen LogP contribution in [0.25, 0.3) is 0 Å². The monoisotopic (exact) mass is 290 g/mol. The van der Waals surface area contributed by atoms with Crippen molar-refractivity contribution in [3.05, 3.63) is 61.8 Å². The van der Waals surface area contributed by atoms with Gasteiger partial charge in [0.15, 0.2) is 0 Å². The van der Waals surface area contributed by atoms with Crippen molar-refractivity contribution in [3.8, 4) is 0 Å². The van der Waals surface area contributed by atoms with Gasteiger partial charge < -0.3 is 5.32 Å². The largest absolute Gasteiger partial charge is 0.305 e.